The Morgan fingerprint density at radius 2 is 1.43 bits per heavy atom. The SMILES string of the molecule is CNC(=O)[C@@H](C)N(Cc1c(Cl)cccc1Cl)C(=O)CN(c1cccc(Cl)c1Cl)S(=O)(=O)c1ccccc1. The van der Waals surface area contributed by atoms with Gasteiger partial charge in [-0.05, 0) is 43.3 Å². The van der Waals surface area contributed by atoms with Gasteiger partial charge in [0.25, 0.3) is 10.0 Å². The number of hydrogen-bond donors (Lipinski definition) is 1. The van der Waals surface area contributed by atoms with Crippen LogP contribution in [0.5, 0.6) is 0 Å². The number of anilines is 1. The van der Waals surface area contributed by atoms with Crippen molar-refractivity contribution in [3.05, 3.63) is 92.4 Å². The Bertz CT molecular complexity index is 1380. The van der Waals surface area contributed by atoms with E-state index < -0.39 is 34.4 Å². The minimum Gasteiger partial charge on any atom is -0.357 e. The molecule has 0 bridgehead atoms. The lowest BCUT2D eigenvalue weighted by atomic mass is 10.1. The summed E-state index contributed by atoms with van der Waals surface area (Å²) in [6.07, 6.45) is 0. The standard InChI is InChI=1S/C25H23Cl4N3O4S/c1-16(25(34)30-2)31(14-18-19(26)10-6-11-20(18)27)23(33)15-32(22-13-7-12-21(28)24(22)29)37(35,36)17-8-4-3-5-9-17/h3-13,16H,14-15H2,1-2H3,(H,30,34)/t16-/m1/s1. The van der Waals surface area contributed by atoms with Crippen molar-refractivity contribution >= 4 is 73.9 Å². The molecule has 3 aromatic rings. The smallest absolute Gasteiger partial charge is 0.264 e. The molecular formula is C25H23Cl4N3O4S. The zero-order chi connectivity index (χ0) is 27.3. The van der Waals surface area contributed by atoms with Crippen LogP contribution in [0.1, 0.15) is 12.5 Å². The van der Waals surface area contributed by atoms with Crippen LogP contribution in [0.4, 0.5) is 5.69 Å². The van der Waals surface area contributed by atoms with E-state index in [9.17, 15) is 18.0 Å². The first-order chi connectivity index (χ1) is 17.5. The molecule has 0 fully saturated rings. The van der Waals surface area contributed by atoms with Gasteiger partial charge in [-0.15, -0.1) is 0 Å². The van der Waals surface area contributed by atoms with E-state index in [4.69, 9.17) is 46.4 Å². The second-order valence-electron chi connectivity index (χ2n) is 7.91. The van der Waals surface area contributed by atoms with Gasteiger partial charge in [-0.3, -0.25) is 13.9 Å². The molecule has 0 heterocycles. The first-order valence-corrected chi connectivity index (χ1v) is 13.9. The zero-order valence-electron chi connectivity index (χ0n) is 19.8. The highest BCUT2D eigenvalue weighted by Crippen LogP contribution is 2.36. The van der Waals surface area contributed by atoms with Crippen molar-refractivity contribution in [1.82, 2.24) is 10.2 Å². The van der Waals surface area contributed by atoms with Gasteiger partial charge in [0.05, 0.1) is 20.6 Å². The first-order valence-electron chi connectivity index (χ1n) is 10.9. The van der Waals surface area contributed by atoms with Crippen molar-refractivity contribution in [3.63, 3.8) is 0 Å². The van der Waals surface area contributed by atoms with Crippen LogP contribution in [0.15, 0.2) is 71.6 Å². The Labute approximate surface area is 235 Å². The summed E-state index contributed by atoms with van der Waals surface area (Å²) in [5.74, 6) is -1.16. The second kappa shape index (κ2) is 12.4. The number of carbonyl (C=O) groups excluding carboxylic acids is 2. The van der Waals surface area contributed by atoms with Crippen LogP contribution in [0.2, 0.25) is 20.1 Å². The maximum absolute atomic E-state index is 13.8. The minimum absolute atomic E-state index is 0.00897. The van der Waals surface area contributed by atoms with E-state index in [0.717, 1.165) is 4.31 Å². The molecular weight excluding hydrogens is 580 g/mol. The van der Waals surface area contributed by atoms with Crippen LogP contribution in [0.25, 0.3) is 0 Å². The van der Waals surface area contributed by atoms with Gasteiger partial charge in [0.2, 0.25) is 11.8 Å². The van der Waals surface area contributed by atoms with Crippen LogP contribution in [-0.2, 0) is 26.2 Å². The number of benzene rings is 3. The number of amides is 2. The minimum atomic E-state index is -4.27. The summed E-state index contributed by atoms with van der Waals surface area (Å²) >= 11 is 25.2. The molecule has 12 heteroatoms. The van der Waals surface area contributed by atoms with Crippen LogP contribution in [-0.4, -0.2) is 44.8 Å². The quantitative estimate of drug-likeness (QED) is 0.342. The second-order valence-corrected chi connectivity index (χ2v) is 11.4. The molecule has 37 heavy (non-hydrogen) atoms. The number of halogens is 4. The maximum Gasteiger partial charge on any atom is 0.264 e. The summed E-state index contributed by atoms with van der Waals surface area (Å²) in [5.41, 5.74) is 0.419. The molecule has 0 spiro atoms. The van der Waals surface area contributed by atoms with Crippen molar-refractivity contribution in [3.8, 4) is 0 Å². The lowest BCUT2D eigenvalue weighted by Crippen LogP contribution is -2.50. The first kappa shape index (κ1) is 29.1. The molecule has 0 saturated carbocycles. The monoisotopic (exact) mass is 601 g/mol. The van der Waals surface area contributed by atoms with E-state index in [-0.39, 0.29) is 27.2 Å². The zero-order valence-corrected chi connectivity index (χ0v) is 23.6. The summed E-state index contributed by atoms with van der Waals surface area (Å²) in [7, 11) is -2.84. The number of hydrogen-bond acceptors (Lipinski definition) is 4. The molecule has 7 nitrogen and oxygen atoms in total. The highest BCUT2D eigenvalue weighted by Gasteiger charge is 2.34. The van der Waals surface area contributed by atoms with Gasteiger partial charge in [-0.25, -0.2) is 8.42 Å². The summed E-state index contributed by atoms with van der Waals surface area (Å²) in [6, 6.07) is 15.9. The molecule has 1 N–H and O–H groups in total. The number of nitrogens with one attached hydrogen (secondary N) is 1. The van der Waals surface area contributed by atoms with Gasteiger partial charge in [-0.1, -0.05) is 76.7 Å². The molecule has 0 unspecified atom stereocenters. The van der Waals surface area contributed by atoms with Gasteiger partial charge in [0.1, 0.15) is 12.6 Å². The normalized spacial score (nSPS) is 12.1. The topological polar surface area (TPSA) is 86.8 Å². The van der Waals surface area contributed by atoms with Gasteiger partial charge >= 0.3 is 0 Å². The largest absolute Gasteiger partial charge is 0.357 e. The molecule has 3 aromatic carbocycles. The molecule has 3 rings (SSSR count). The molecule has 0 radical (unpaired) electrons. The third kappa shape index (κ3) is 6.51. The van der Waals surface area contributed by atoms with Gasteiger partial charge in [0, 0.05) is 29.2 Å². The predicted octanol–water partition coefficient (Wildman–Crippen LogP) is 5.66. The van der Waals surface area contributed by atoms with Crippen molar-refractivity contribution in [1.29, 1.82) is 0 Å². The summed E-state index contributed by atoms with van der Waals surface area (Å²) in [6.45, 7) is 0.693. The lowest BCUT2D eigenvalue weighted by Gasteiger charge is -2.32. The van der Waals surface area contributed by atoms with Crippen LogP contribution < -0.4 is 9.62 Å². The number of sulfonamides is 1. The highest BCUT2D eigenvalue weighted by molar-refractivity contribution is 7.92. The summed E-state index contributed by atoms with van der Waals surface area (Å²) in [5, 5.41) is 3.15. The Morgan fingerprint density at radius 1 is 0.865 bits per heavy atom. The van der Waals surface area contributed by atoms with Crippen molar-refractivity contribution in [2.24, 2.45) is 0 Å². The molecule has 0 saturated heterocycles. The van der Waals surface area contributed by atoms with E-state index in [1.807, 2.05) is 0 Å². The molecule has 0 aromatic heterocycles. The Kier molecular flexibility index (Phi) is 9.72. The summed E-state index contributed by atoms with van der Waals surface area (Å²) in [4.78, 5) is 27.5. The van der Waals surface area contributed by atoms with E-state index >= 15 is 0 Å². The predicted molar refractivity (Wildman–Crippen MR) is 148 cm³/mol. The average Bonchev–Trinajstić information content (AvgIpc) is 2.88. The van der Waals surface area contributed by atoms with Gasteiger partial charge in [0.15, 0.2) is 0 Å². The average molecular weight is 603 g/mol. The Hall–Kier alpha value is -2.49. The molecule has 196 valence electrons. The number of rotatable bonds is 9. The number of nitrogens with zero attached hydrogens (tertiary/aromatic N) is 2. The third-order valence-corrected chi connectivity index (χ3v) is 8.90. The fourth-order valence-corrected chi connectivity index (χ4v) is 5.97. The number of carbonyl (C=O) groups is 2. The Morgan fingerprint density at radius 3 is 2.03 bits per heavy atom. The third-order valence-electron chi connectivity index (χ3n) is 5.61. The molecule has 1 atom stereocenters. The van der Waals surface area contributed by atoms with E-state index in [1.54, 1.807) is 36.4 Å². The fourth-order valence-electron chi connectivity index (χ4n) is 3.56. The van der Waals surface area contributed by atoms with Gasteiger partial charge < -0.3 is 10.2 Å². The fraction of sp³-hybridized carbons (Fsp3) is 0.200. The maximum atomic E-state index is 13.8. The van der Waals surface area contributed by atoms with Gasteiger partial charge in [-0.2, -0.15) is 0 Å². The van der Waals surface area contributed by atoms with E-state index in [0.29, 0.717) is 15.6 Å². The van der Waals surface area contributed by atoms with E-state index in [1.165, 1.54) is 49.2 Å². The van der Waals surface area contributed by atoms with Crippen LogP contribution in [0, 0.1) is 0 Å². The summed E-state index contributed by atoms with van der Waals surface area (Å²) < 4.78 is 28.3. The van der Waals surface area contributed by atoms with Crippen LogP contribution >= 0.6 is 46.4 Å². The van der Waals surface area contributed by atoms with Crippen molar-refractivity contribution < 1.29 is 18.0 Å². The molecule has 0 aliphatic carbocycles. The lowest BCUT2D eigenvalue weighted by molar-refractivity contribution is -0.139. The highest BCUT2D eigenvalue weighted by atomic mass is 35.5. The van der Waals surface area contributed by atoms with E-state index in [2.05, 4.69) is 5.32 Å². The molecule has 0 aliphatic heterocycles. The Balaban J connectivity index is 2.10. The molecule has 2 amide bonds. The van der Waals surface area contributed by atoms with Crippen molar-refractivity contribution in [2.75, 3.05) is 17.9 Å². The van der Waals surface area contributed by atoms with Crippen LogP contribution in [0.3, 0.4) is 0 Å². The number of likely N-dealkylation sites (N-methyl/N-ethyl adjacent to an activating group) is 1. The molecule has 0 aliphatic rings. The van der Waals surface area contributed by atoms with Crippen molar-refractivity contribution in [2.45, 2.75) is 24.4 Å².